The van der Waals surface area contributed by atoms with Crippen LogP contribution in [-0.4, -0.2) is 48.5 Å². The van der Waals surface area contributed by atoms with Crippen molar-refractivity contribution in [3.8, 4) is 0 Å². The fourth-order valence-corrected chi connectivity index (χ4v) is 2.76. The first kappa shape index (κ1) is 13.3. The van der Waals surface area contributed by atoms with E-state index in [0.717, 1.165) is 32.5 Å². The Morgan fingerprint density at radius 3 is 2.61 bits per heavy atom. The lowest BCUT2D eigenvalue weighted by Crippen LogP contribution is -2.55. The van der Waals surface area contributed by atoms with E-state index in [1.165, 1.54) is 0 Å². The minimum absolute atomic E-state index is 0.0962. The van der Waals surface area contributed by atoms with E-state index in [0.29, 0.717) is 18.4 Å². The summed E-state index contributed by atoms with van der Waals surface area (Å²) in [5.41, 5.74) is -0.401. The molecule has 2 aliphatic heterocycles. The van der Waals surface area contributed by atoms with E-state index >= 15 is 0 Å². The Kier molecular flexibility index (Phi) is 3.90. The number of carbonyl (C=O) groups excluding carboxylic acids is 1. The molecule has 2 rings (SSSR count). The van der Waals surface area contributed by atoms with Crippen molar-refractivity contribution >= 4 is 11.9 Å². The number of aliphatic imine (C=N–C) groups is 1. The molecule has 0 aliphatic carbocycles. The largest absolute Gasteiger partial charge is 0.342 e. The number of guanidine groups is 1. The van der Waals surface area contributed by atoms with Crippen molar-refractivity contribution in [1.82, 2.24) is 15.5 Å². The summed E-state index contributed by atoms with van der Waals surface area (Å²) in [7, 11) is 0. The van der Waals surface area contributed by atoms with Crippen LogP contribution in [0.3, 0.4) is 0 Å². The lowest BCUT2D eigenvalue weighted by Gasteiger charge is -2.37. The molecule has 5 heteroatoms. The summed E-state index contributed by atoms with van der Waals surface area (Å²) < 4.78 is 0. The van der Waals surface area contributed by atoms with Gasteiger partial charge in [0.15, 0.2) is 5.96 Å². The maximum atomic E-state index is 12.1. The lowest BCUT2D eigenvalue weighted by atomic mass is 9.87. The second-order valence-electron chi connectivity index (χ2n) is 5.68. The molecule has 2 heterocycles. The van der Waals surface area contributed by atoms with Crippen molar-refractivity contribution in [3.05, 3.63) is 0 Å². The number of carbonyl (C=O) groups is 1. The van der Waals surface area contributed by atoms with Crippen LogP contribution in [0.15, 0.2) is 4.99 Å². The molecule has 1 spiro atoms. The third-order valence-electron chi connectivity index (χ3n) is 3.67. The van der Waals surface area contributed by atoms with Crippen LogP contribution < -0.4 is 10.6 Å². The first-order chi connectivity index (χ1) is 8.55. The number of likely N-dealkylation sites (tertiary alicyclic amines) is 1. The minimum atomic E-state index is -0.401. The first-order valence-electron chi connectivity index (χ1n) is 6.92. The number of nitrogens with one attached hydrogen (secondary N) is 2. The summed E-state index contributed by atoms with van der Waals surface area (Å²) in [4.78, 5) is 18.8. The van der Waals surface area contributed by atoms with E-state index in [1.54, 1.807) is 0 Å². The molecule has 0 radical (unpaired) electrons. The fourth-order valence-electron chi connectivity index (χ4n) is 2.76. The van der Waals surface area contributed by atoms with Crippen molar-refractivity contribution in [1.29, 1.82) is 0 Å². The summed E-state index contributed by atoms with van der Waals surface area (Å²) in [5.74, 6) is 1.43. The second kappa shape index (κ2) is 5.26. The van der Waals surface area contributed by atoms with Crippen LogP contribution >= 0.6 is 0 Å². The third-order valence-corrected chi connectivity index (χ3v) is 3.67. The Bertz CT molecular complexity index is 343. The normalized spacial score (nSPS) is 25.8. The van der Waals surface area contributed by atoms with E-state index < -0.39 is 5.54 Å². The molecular weight excluding hydrogens is 228 g/mol. The van der Waals surface area contributed by atoms with Gasteiger partial charge in [-0.25, -0.2) is 0 Å². The molecule has 0 aromatic carbocycles. The molecule has 0 atom stereocenters. The van der Waals surface area contributed by atoms with Crippen molar-refractivity contribution in [2.45, 2.75) is 39.2 Å². The molecule has 0 bridgehead atoms. The molecule has 0 aromatic heterocycles. The minimum Gasteiger partial charge on any atom is -0.342 e. The molecule has 0 aromatic rings. The number of piperidine rings is 1. The summed E-state index contributed by atoms with van der Waals surface area (Å²) >= 11 is 0. The summed E-state index contributed by atoms with van der Waals surface area (Å²) in [6, 6.07) is 0. The van der Waals surface area contributed by atoms with E-state index in [9.17, 15) is 4.79 Å². The van der Waals surface area contributed by atoms with Gasteiger partial charge in [0.25, 0.3) is 5.91 Å². The summed E-state index contributed by atoms with van der Waals surface area (Å²) in [5, 5.41) is 6.15. The van der Waals surface area contributed by atoms with Gasteiger partial charge in [-0.2, -0.15) is 0 Å². The summed E-state index contributed by atoms with van der Waals surface area (Å²) in [6.45, 7) is 10.2. The van der Waals surface area contributed by atoms with Gasteiger partial charge in [-0.05, 0) is 25.7 Å². The van der Waals surface area contributed by atoms with Gasteiger partial charge in [0.1, 0.15) is 5.54 Å². The molecule has 0 saturated carbocycles. The van der Waals surface area contributed by atoms with Crippen molar-refractivity contribution in [2.24, 2.45) is 10.9 Å². The highest BCUT2D eigenvalue weighted by Gasteiger charge is 2.46. The Morgan fingerprint density at radius 2 is 2.06 bits per heavy atom. The van der Waals surface area contributed by atoms with Gasteiger partial charge in [-0.15, -0.1) is 0 Å². The smallest absolute Gasteiger partial charge is 0.252 e. The molecular formula is C13H24N4O. The van der Waals surface area contributed by atoms with Gasteiger partial charge in [-0.1, -0.05) is 13.8 Å². The van der Waals surface area contributed by atoms with Crippen LogP contribution in [0.5, 0.6) is 0 Å². The molecule has 2 saturated heterocycles. The first-order valence-corrected chi connectivity index (χ1v) is 6.92. The van der Waals surface area contributed by atoms with Crippen LogP contribution in [0.25, 0.3) is 0 Å². The van der Waals surface area contributed by atoms with E-state index in [1.807, 2.05) is 6.92 Å². The van der Waals surface area contributed by atoms with Crippen LogP contribution in [0, 0.1) is 5.92 Å². The van der Waals surface area contributed by atoms with Crippen LogP contribution in [0.1, 0.15) is 33.6 Å². The lowest BCUT2D eigenvalue weighted by molar-refractivity contribution is -0.125. The standard InChI is InChI=1S/C13H24N4O/c1-4-14-12-15-11(18)13(16-12)5-7-17(8-6-13)9-10(2)3/h10H,4-9H2,1-3H3,(H2,14,15,16,18). The maximum Gasteiger partial charge on any atom is 0.252 e. The Morgan fingerprint density at radius 1 is 1.39 bits per heavy atom. The number of rotatable bonds is 3. The Labute approximate surface area is 109 Å². The predicted molar refractivity (Wildman–Crippen MR) is 72.5 cm³/mol. The molecule has 5 nitrogen and oxygen atoms in total. The molecule has 2 aliphatic rings. The average molecular weight is 252 g/mol. The molecule has 1 amide bonds. The topological polar surface area (TPSA) is 56.7 Å². The van der Waals surface area contributed by atoms with Crippen LogP contribution in [0.4, 0.5) is 0 Å². The zero-order chi connectivity index (χ0) is 13.2. The number of amides is 1. The second-order valence-corrected chi connectivity index (χ2v) is 5.68. The molecule has 0 unspecified atom stereocenters. The van der Waals surface area contributed by atoms with Gasteiger partial charge in [0.2, 0.25) is 0 Å². The van der Waals surface area contributed by atoms with Crippen molar-refractivity contribution < 1.29 is 4.79 Å². The summed E-state index contributed by atoms with van der Waals surface area (Å²) in [6.07, 6.45) is 1.74. The van der Waals surface area contributed by atoms with Crippen molar-refractivity contribution in [3.63, 3.8) is 0 Å². The fraction of sp³-hybridized carbons (Fsp3) is 0.846. The number of hydrogen-bond donors (Lipinski definition) is 2. The van der Waals surface area contributed by atoms with E-state index in [4.69, 9.17) is 0 Å². The van der Waals surface area contributed by atoms with Crippen LogP contribution in [-0.2, 0) is 4.79 Å². The zero-order valence-corrected chi connectivity index (χ0v) is 11.6. The number of nitrogens with zero attached hydrogens (tertiary/aromatic N) is 2. The van der Waals surface area contributed by atoms with Gasteiger partial charge in [-0.3, -0.25) is 15.1 Å². The van der Waals surface area contributed by atoms with Crippen LogP contribution in [0.2, 0.25) is 0 Å². The highest BCUT2D eigenvalue weighted by atomic mass is 16.2. The SMILES string of the molecule is CCN=C1NC(=O)C2(CCN(CC(C)C)CC2)N1. The molecule has 2 fully saturated rings. The highest BCUT2D eigenvalue weighted by Crippen LogP contribution is 2.25. The highest BCUT2D eigenvalue weighted by molar-refractivity contribution is 6.09. The van der Waals surface area contributed by atoms with Gasteiger partial charge in [0.05, 0.1) is 0 Å². The predicted octanol–water partition coefficient (Wildman–Crippen LogP) is 0.572. The molecule has 2 N–H and O–H groups in total. The van der Waals surface area contributed by atoms with E-state index in [-0.39, 0.29) is 5.91 Å². The molecule has 102 valence electrons. The zero-order valence-electron chi connectivity index (χ0n) is 11.6. The number of hydrogen-bond acceptors (Lipinski definition) is 3. The van der Waals surface area contributed by atoms with E-state index in [2.05, 4.69) is 34.4 Å². The average Bonchev–Trinajstić information content (AvgIpc) is 2.59. The van der Waals surface area contributed by atoms with Gasteiger partial charge in [0, 0.05) is 26.2 Å². The monoisotopic (exact) mass is 252 g/mol. The van der Waals surface area contributed by atoms with Gasteiger partial charge >= 0.3 is 0 Å². The Hall–Kier alpha value is -1.10. The molecule has 18 heavy (non-hydrogen) atoms. The Balaban J connectivity index is 1.96. The van der Waals surface area contributed by atoms with Crippen molar-refractivity contribution in [2.75, 3.05) is 26.2 Å². The quantitative estimate of drug-likeness (QED) is 0.772. The third kappa shape index (κ3) is 2.66. The maximum absolute atomic E-state index is 12.1. The van der Waals surface area contributed by atoms with Gasteiger partial charge < -0.3 is 10.2 Å².